The highest BCUT2D eigenvalue weighted by molar-refractivity contribution is 5.68. The molecule has 21 heavy (non-hydrogen) atoms. The van der Waals surface area contributed by atoms with Crippen LogP contribution in [-0.4, -0.2) is 16.5 Å². The Morgan fingerprint density at radius 2 is 1.71 bits per heavy atom. The number of anilines is 1. The average molecular weight is 283 g/mol. The minimum atomic E-state index is 0.173. The second-order valence-electron chi connectivity index (χ2n) is 6.60. The molecule has 3 heteroatoms. The Morgan fingerprint density at radius 1 is 1.05 bits per heavy atom. The van der Waals surface area contributed by atoms with Crippen molar-refractivity contribution in [1.82, 2.24) is 9.97 Å². The zero-order chi connectivity index (χ0) is 15.5. The summed E-state index contributed by atoms with van der Waals surface area (Å²) in [7, 11) is 0. The molecule has 0 amide bonds. The van der Waals surface area contributed by atoms with E-state index in [1.807, 2.05) is 18.2 Å². The van der Waals surface area contributed by atoms with E-state index in [-0.39, 0.29) is 5.41 Å². The SMILES string of the molecule is CCNc1nc(CC(C)(C)C)nc(-c2ccccc2)c1C. The van der Waals surface area contributed by atoms with E-state index in [1.54, 1.807) is 0 Å². The van der Waals surface area contributed by atoms with Crippen LogP contribution in [0, 0.1) is 12.3 Å². The van der Waals surface area contributed by atoms with Crippen LogP contribution < -0.4 is 5.32 Å². The third-order valence-corrected chi connectivity index (χ3v) is 3.27. The minimum Gasteiger partial charge on any atom is -0.370 e. The summed E-state index contributed by atoms with van der Waals surface area (Å²) < 4.78 is 0. The summed E-state index contributed by atoms with van der Waals surface area (Å²) in [5, 5.41) is 3.36. The molecule has 0 saturated heterocycles. The highest BCUT2D eigenvalue weighted by Crippen LogP contribution is 2.27. The normalized spacial score (nSPS) is 11.5. The zero-order valence-corrected chi connectivity index (χ0v) is 13.7. The maximum atomic E-state index is 4.82. The smallest absolute Gasteiger partial charge is 0.133 e. The van der Waals surface area contributed by atoms with Crippen molar-refractivity contribution in [2.24, 2.45) is 5.41 Å². The van der Waals surface area contributed by atoms with Crippen LogP contribution in [-0.2, 0) is 6.42 Å². The van der Waals surface area contributed by atoms with Crippen molar-refractivity contribution < 1.29 is 0 Å². The summed E-state index contributed by atoms with van der Waals surface area (Å²) in [5.41, 5.74) is 3.46. The first kappa shape index (κ1) is 15.5. The van der Waals surface area contributed by atoms with Crippen molar-refractivity contribution in [3.63, 3.8) is 0 Å². The van der Waals surface area contributed by atoms with Crippen molar-refractivity contribution in [3.05, 3.63) is 41.7 Å². The Morgan fingerprint density at radius 3 is 2.29 bits per heavy atom. The van der Waals surface area contributed by atoms with Gasteiger partial charge in [-0.3, -0.25) is 0 Å². The molecule has 2 rings (SSSR count). The summed E-state index contributed by atoms with van der Waals surface area (Å²) in [5.74, 6) is 1.86. The van der Waals surface area contributed by atoms with E-state index in [4.69, 9.17) is 9.97 Å². The van der Waals surface area contributed by atoms with Crippen LogP contribution in [0.2, 0.25) is 0 Å². The molecule has 0 bridgehead atoms. The van der Waals surface area contributed by atoms with E-state index in [0.29, 0.717) is 0 Å². The third-order valence-electron chi connectivity index (χ3n) is 3.27. The summed E-state index contributed by atoms with van der Waals surface area (Å²) in [4.78, 5) is 9.53. The molecule has 0 spiro atoms. The molecule has 0 atom stereocenters. The highest BCUT2D eigenvalue weighted by Gasteiger charge is 2.17. The van der Waals surface area contributed by atoms with Gasteiger partial charge in [-0.05, 0) is 19.3 Å². The molecule has 1 heterocycles. The Balaban J connectivity index is 2.52. The molecule has 0 unspecified atom stereocenters. The van der Waals surface area contributed by atoms with E-state index in [0.717, 1.165) is 41.4 Å². The second kappa shape index (κ2) is 6.25. The molecule has 3 nitrogen and oxygen atoms in total. The predicted octanol–water partition coefficient (Wildman–Crippen LogP) is 4.47. The van der Waals surface area contributed by atoms with Gasteiger partial charge in [0, 0.05) is 24.1 Å². The Bertz CT molecular complexity index is 598. The quantitative estimate of drug-likeness (QED) is 0.899. The molecular formula is C18H25N3. The van der Waals surface area contributed by atoms with Gasteiger partial charge in [0.25, 0.3) is 0 Å². The first-order chi connectivity index (χ1) is 9.90. The summed E-state index contributed by atoms with van der Waals surface area (Å²) >= 11 is 0. The molecule has 0 saturated carbocycles. The molecule has 2 aromatic rings. The standard InChI is InChI=1S/C18H25N3/c1-6-19-17-13(2)16(14-10-8-7-9-11-14)20-15(21-17)12-18(3,4)5/h7-11H,6,12H2,1-5H3,(H,19,20,21). The minimum absolute atomic E-state index is 0.173. The maximum Gasteiger partial charge on any atom is 0.133 e. The Labute approximate surface area is 127 Å². The molecule has 1 N–H and O–H groups in total. The van der Waals surface area contributed by atoms with Gasteiger partial charge in [-0.25, -0.2) is 9.97 Å². The van der Waals surface area contributed by atoms with Gasteiger partial charge in [-0.15, -0.1) is 0 Å². The monoisotopic (exact) mass is 283 g/mol. The lowest BCUT2D eigenvalue weighted by Gasteiger charge is -2.19. The molecule has 0 radical (unpaired) electrons. The number of nitrogens with one attached hydrogen (secondary N) is 1. The van der Waals surface area contributed by atoms with Crippen molar-refractivity contribution >= 4 is 5.82 Å². The molecule has 112 valence electrons. The molecular weight excluding hydrogens is 258 g/mol. The summed E-state index contributed by atoms with van der Waals surface area (Å²) in [6.07, 6.45) is 0.867. The zero-order valence-electron chi connectivity index (χ0n) is 13.7. The van der Waals surface area contributed by atoms with Gasteiger partial charge in [-0.1, -0.05) is 51.1 Å². The number of nitrogens with zero attached hydrogens (tertiary/aromatic N) is 2. The van der Waals surface area contributed by atoms with Crippen LogP contribution >= 0.6 is 0 Å². The molecule has 0 aliphatic carbocycles. The van der Waals surface area contributed by atoms with Crippen molar-refractivity contribution in [2.75, 3.05) is 11.9 Å². The fourth-order valence-corrected chi connectivity index (χ4v) is 2.33. The predicted molar refractivity (Wildman–Crippen MR) is 89.5 cm³/mol. The van der Waals surface area contributed by atoms with Gasteiger partial charge in [-0.2, -0.15) is 0 Å². The average Bonchev–Trinajstić information content (AvgIpc) is 2.42. The lowest BCUT2D eigenvalue weighted by atomic mass is 9.92. The van der Waals surface area contributed by atoms with E-state index in [2.05, 4.69) is 52.1 Å². The number of rotatable bonds is 4. The van der Waals surface area contributed by atoms with Gasteiger partial charge < -0.3 is 5.32 Å². The number of benzene rings is 1. The van der Waals surface area contributed by atoms with Crippen molar-refractivity contribution in [3.8, 4) is 11.3 Å². The summed E-state index contributed by atoms with van der Waals surface area (Å²) in [6.45, 7) is 11.7. The second-order valence-corrected chi connectivity index (χ2v) is 6.60. The van der Waals surface area contributed by atoms with Gasteiger partial charge in [0.05, 0.1) is 5.69 Å². The van der Waals surface area contributed by atoms with Crippen LogP contribution in [0.4, 0.5) is 5.82 Å². The first-order valence-corrected chi connectivity index (χ1v) is 7.57. The lowest BCUT2D eigenvalue weighted by molar-refractivity contribution is 0.401. The van der Waals surface area contributed by atoms with E-state index in [1.165, 1.54) is 0 Å². The fourth-order valence-electron chi connectivity index (χ4n) is 2.33. The van der Waals surface area contributed by atoms with Crippen LogP contribution in [0.5, 0.6) is 0 Å². The van der Waals surface area contributed by atoms with Crippen LogP contribution in [0.25, 0.3) is 11.3 Å². The van der Waals surface area contributed by atoms with Crippen molar-refractivity contribution in [1.29, 1.82) is 0 Å². The lowest BCUT2D eigenvalue weighted by Crippen LogP contribution is -2.15. The summed E-state index contributed by atoms with van der Waals surface area (Å²) in [6, 6.07) is 10.3. The van der Waals surface area contributed by atoms with Gasteiger partial charge in [0.2, 0.25) is 0 Å². The first-order valence-electron chi connectivity index (χ1n) is 7.57. The molecule has 1 aromatic carbocycles. The fraction of sp³-hybridized carbons (Fsp3) is 0.444. The van der Waals surface area contributed by atoms with Gasteiger partial charge in [0.1, 0.15) is 11.6 Å². The van der Waals surface area contributed by atoms with Crippen LogP contribution in [0.15, 0.2) is 30.3 Å². The number of hydrogen-bond donors (Lipinski definition) is 1. The molecule has 0 fully saturated rings. The van der Waals surface area contributed by atoms with Crippen LogP contribution in [0.1, 0.15) is 39.1 Å². The van der Waals surface area contributed by atoms with E-state index < -0.39 is 0 Å². The topological polar surface area (TPSA) is 37.8 Å². The largest absolute Gasteiger partial charge is 0.370 e. The molecule has 0 aliphatic heterocycles. The Hall–Kier alpha value is -1.90. The van der Waals surface area contributed by atoms with Gasteiger partial charge in [0.15, 0.2) is 0 Å². The van der Waals surface area contributed by atoms with E-state index >= 15 is 0 Å². The maximum absolute atomic E-state index is 4.82. The van der Waals surface area contributed by atoms with Crippen LogP contribution in [0.3, 0.4) is 0 Å². The Kier molecular flexibility index (Phi) is 4.61. The third kappa shape index (κ3) is 4.03. The van der Waals surface area contributed by atoms with E-state index in [9.17, 15) is 0 Å². The number of aromatic nitrogens is 2. The number of hydrogen-bond acceptors (Lipinski definition) is 3. The highest BCUT2D eigenvalue weighted by atomic mass is 15.0. The molecule has 1 aromatic heterocycles. The van der Waals surface area contributed by atoms with Gasteiger partial charge >= 0.3 is 0 Å². The van der Waals surface area contributed by atoms with Crippen molar-refractivity contribution in [2.45, 2.75) is 41.0 Å². The molecule has 0 aliphatic rings.